The van der Waals surface area contributed by atoms with Crippen molar-refractivity contribution < 1.29 is 19.0 Å². The van der Waals surface area contributed by atoms with Crippen LogP contribution in [0.15, 0.2) is 66.7 Å². The third-order valence-corrected chi connectivity index (χ3v) is 5.52. The molecule has 0 radical (unpaired) electrons. The minimum Gasteiger partial charge on any atom is -0.497 e. The van der Waals surface area contributed by atoms with Crippen molar-refractivity contribution in [2.45, 2.75) is 39.2 Å². The van der Waals surface area contributed by atoms with Crippen LogP contribution in [-0.2, 0) is 18.4 Å². The summed E-state index contributed by atoms with van der Waals surface area (Å²) in [7, 11) is 3.26. The van der Waals surface area contributed by atoms with Crippen molar-refractivity contribution in [3.05, 3.63) is 89.0 Å². The Morgan fingerprint density at radius 1 is 0.848 bits per heavy atom. The van der Waals surface area contributed by atoms with Gasteiger partial charge in [0, 0.05) is 17.7 Å². The molecule has 0 fully saturated rings. The molecule has 3 aromatic carbocycles. The second-order valence-electron chi connectivity index (χ2n) is 8.94. The summed E-state index contributed by atoms with van der Waals surface area (Å²) < 4.78 is 16.6. The lowest BCUT2D eigenvalue weighted by molar-refractivity contribution is 0.0954. The Hall–Kier alpha value is -3.47. The molecule has 174 valence electrons. The Kier molecular flexibility index (Phi) is 7.99. The summed E-state index contributed by atoms with van der Waals surface area (Å²) in [5.41, 5.74) is 3.88. The zero-order chi connectivity index (χ0) is 23.8. The number of ether oxygens (including phenoxy) is 3. The summed E-state index contributed by atoms with van der Waals surface area (Å²) in [6.07, 6.45) is 0.742. The van der Waals surface area contributed by atoms with Gasteiger partial charge in [0.2, 0.25) is 0 Å². The molecule has 0 bridgehead atoms. The number of methoxy groups -OCH3 is 2. The highest BCUT2D eigenvalue weighted by Crippen LogP contribution is 2.26. The van der Waals surface area contributed by atoms with Crippen molar-refractivity contribution in [1.29, 1.82) is 0 Å². The van der Waals surface area contributed by atoms with Crippen LogP contribution in [0.5, 0.6) is 17.2 Å². The second kappa shape index (κ2) is 10.9. The first-order valence-electron chi connectivity index (χ1n) is 11.1. The molecule has 0 spiro atoms. The van der Waals surface area contributed by atoms with Crippen LogP contribution in [0.4, 0.5) is 0 Å². The predicted octanol–water partition coefficient (Wildman–Crippen LogP) is 5.55. The Bertz CT molecular complexity index is 1050. The van der Waals surface area contributed by atoms with Gasteiger partial charge in [-0.2, -0.15) is 0 Å². The van der Waals surface area contributed by atoms with E-state index in [0.717, 1.165) is 29.0 Å². The number of hydrogen-bond donors (Lipinski definition) is 1. The van der Waals surface area contributed by atoms with Crippen LogP contribution in [0.25, 0.3) is 0 Å². The first-order chi connectivity index (χ1) is 15.8. The minimum absolute atomic E-state index is 0.0941. The number of hydrogen-bond acceptors (Lipinski definition) is 4. The molecule has 0 aromatic heterocycles. The monoisotopic (exact) mass is 447 g/mol. The molecule has 5 heteroatoms. The van der Waals surface area contributed by atoms with Crippen molar-refractivity contribution in [3.63, 3.8) is 0 Å². The predicted molar refractivity (Wildman–Crippen MR) is 131 cm³/mol. The molecule has 3 rings (SSSR count). The van der Waals surface area contributed by atoms with E-state index in [1.165, 1.54) is 5.56 Å². The van der Waals surface area contributed by atoms with Gasteiger partial charge in [-0.3, -0.25) is 4.79 Å². The lowest BCUT2D eigenvalue weighted by Gasteiger charge is -2.19. The van der Waals surface area contributed by atoms with Crippen molar-refractivity contribution in [1.82, 2.24) is 5.32 Å². The number of nitrogens with one attached hydrogen (secondary N) is 1. The maximum Gasteiger partial charge on any atom is 0.251 e. The van der Waals surface area contributed by atoms with E-state index >= 15 is 0 Å². The van der Waals surface area contributed by atoms with E-state index in [9.17, 15) is 4.79 Å². The Labute approximate surface area is 196 Å². The molecule has 0 aliphatic carbocycles. The molecule has 1 amide bonds. The van der Waals surface area contributed by atoms with Crippen LogP contribution < -0.4 is 19.5 Å². The Morgan fingerprint density at radius 2 is 1.52 bits per heavy atom. The lowest BCUT2D eigenvalue weighted by Crippen LogP contribution is -2.25. The van der Waals surface area contributed by atoms with E-state index in [1.54, 1.807) is 26.4 Å². The average Bonchev–Trinajstić information content (AvgIpc) is 2.82. The zero-order valence-corrected chi connectivity index (χ0v) is 20.1. The third kappa shape index (κ3) is 6.75. The first kappa shape index (κ1) is 24.2. The van der Waals surface area contributed by atoms with Crippen LogP contribution in [0.2, 0.25) is 0 Å². The number of carbonyl (C=O) groups is 1. The number of carbonyl (C=O) groups excluding carboxylic acids is 1. The van der Waals surface area contributed by atoms with Crippen LogP contribution in [0.3, 0.4) is 0 Å². The fourth-order valence-corrected chi connectivity index (χ4v) is 3.46. The Morgan fingerprint density at radius 3 is 2.12 bits per heavy atom. The van der Waals surface area contributed by atoms with E-state index < -0.39 is 0 Å². The number of amides is 1. The van der Waals surface area contributed by atoms with Crippen LogP contribution in [-0.4, -0.2) is 26.7 Å². The average molecular weight is 448 g/mol. The molecule has 0 atom stereocenters. The van der Waals surface area contributed by atoms with Gasteiger partial charge in [-0.1, -0.05) is 45.0 Å². The van der Waals surface area contributed by atoms with Gasteiger partial charge < -0.3 is 19.5 Å². The van der Waals surface area contributed by atoms with Gasteiger partial charge in [0.05, 0.1) is 14.2 Å². The zero-order valence-electron chi connectivity index (χ0n) is 20.1. The summed E-state index contributed by atoms with van der Waals surface area (Å²) in [4.78, 5) is 12.7. The van der Waals surface area contributed by atoms with Crippen molar-refractivity contribution >= 4 is 5.91 Å². The van der Waals surface area contributed by atoms with Gasteiger partial charge in [-0.05, 0) is 65.4 Å². The molecule has 0 aliphatic rings. The summed E-state index contributed by atoms with van der Waals surface area (Å²) in [6.45, 7) is 7.40. The summed E-state index contributed by atoms with van der Waals surface area (Å²) >= 11 is 0. The van der Waals surface area contributed by atoms with Crippen LogP contribution >= 0.6 is 0 Å². The molecular formula is C28H33NO4. The quantitative estimate of drug-likeness (QED) is 0.467. The molecule has 33 heavy (non-hydrogen) atoms. The highest BCUT2D eigenvalue weighted by molar-refractivity contribution is 5.94. The highest BCUT2D eigenvalue weighted by atomic mass is 16.5. The van der Waals surface area contributed by atoms with E-state index in [0.29, 0.717) is 24.5 Å². The van der Waals surface area contributed by atoms with Crippen molar-refractivity contribution in [2.75, 3.05) is 20.8 Å². The lowest BCUT2D eigenvalue weighted by atomic mass is 9.87. The third-order valence-electron chi connectivity index (χ3n) is 5.52. The van der Waals surface area contributed by atoms with Crippen LogP contribution in [0.1, 0.15) is 47.8 Å². The molecule has 0 unspecified atom stereocenters. The Balaban J connectivity index is 1.60. The molecule has 1 N–H and O–H groups in total. The summed E-state index contributed by atoms with van der Waals surface area (Å²) in [6, 6.07) is 21.4. The first-order valence-corrected chi connectivity index (χ1v) is 11.1. The summed E-state index contributed by atoms with van der Waals surface area (Å²) in [5, 5.41) is 2.98. The minimum atomic E-state index is -0.123. The maximum atomic E-state index is 12.7. The molecule has 0 saturated carbocycles. The second-order valence-corrected chi connectivity index (χ2v) is 8.94. The summed E-state index contributed by atoms with van der Waals surface area (Å²) in [5.74, 6) is 2.17. The molecule has 3 aromatic rings. The van der Waals surface area contributed by atoms with Gasteiger partial charge in [0.15, 0.2) is 0 Å². The van der Waals surface area contributed by atoms with Crippen LogP contribution in [0, 0.1) is 0 Å². The molecule has 0 heterocycles. The van der Waals surface area contributed by atoms with Gasteiger partial charge in [0.1, 0.15) is 23.9 Å². The smallest absolute Gasteiger partial charge is 0.251 e. The molecule has 0 saturated heterocycles. The fraction of sp³-hybridized carbons (Fsp3) is 0.321. The van der Waals surface area contributed by atoms with E-state index in [1.807, 2.05) is 42.5 Å². The largest absolute Gasteiger partial charge is 0.497 e. The highest BCUT2D eigenvalue weighted by Gasteiger charge is 2.14. The molecule has 5 nitrogen and oxygen atoms in total. The standard InChI is InChI=1S/C28H33NO4/c1-28(2,3)23-9-13-25(14-10-23)33-19-22-18-21(8-15-26(22)32-5)27(30)29-17-16-20-6-11-24(31-4)12-7-20/h6-15,18H,16-17,19H2,1-5H3,(H,29,30). The van der Waals surface area contributed by atoms with Gasteiger partial charge in [-0.25, -0.2) is 0 Å². The van der Waals surface area contributed by atoms with Gasteiger partial charge >= 0.3 is 0 Å². The normalized spacial score (nSPS) is 11.1. The van der Waals surface area contributed by atoms with E-state index in [4.69, 9.17) is 14.2 Å². The van der Waals surface area contributed by atoms with E-state index in [-0.39, 0.29) is 11.3 Å². The van der Waals surface area contributed by atoms with Crippen molar-refractivity contribution in [2.24, 2.45) is 0 Å². The molecular weight excluding hydrogens is 414 g/mol. The topological polar surface area (TPSA) is 56.8 Å². The number of benzene rings is 3. The van der Waals surface area contributed by atoms with E-state index in [2.05, 4.69) is 38.2 Å². The van der Waals surface area contributed by atoms with Gasteiger partial charge in [0.25, 0.3) is 5.91 Å². The number of rotatable bonds is 9. The van der Waals surface area contributed by atoms with Crippen molar-refractivity contribution in [3.8, 4) is 17.2 Å². The SMILES string of the molecule is COc1ccc(CCNC(=O)c2ccc(OC)c(COc3ccc(C(C)(C)C)cc3)c2)cc1. The molecule has 0 aliphatic heterocycles. The fourth-order valence-electron chi connectivity index (χ4n) is 3.46. The van der Waals surface area contributed by atoms with Gasteiger partial charge in [-0.15, -0.1) is 0 Å². The maximum absolute atomic E-state index is 12.7.